The molecule has 5 rings (SSSR count). The second-order valence-corrected chi connectivity index (χ2v) is 10.8. The second kappa shape index (κ2) is 9.56. The van der Waals surface area contributed by atoms with Gasteiger partial charge >= 0.3 is 0 Å². The van der Waals surface area contributed by atoms with Crippen LogP contribution in [-0.4, -0.2) is 44.1 Å². The van der Waals surface area contributed by atoms with Crippen molar-refractivity contribution in [2.45, 2.75) is 32.2 Å². The molecule has 1 unspecified atom stereocenters. The van der Waals surface area contributed by atoms with Crippen LogP contribution in [0.4, 0.5) is 11.4 Å². The van der Waals surface area contributed by atoms with Crippen molar-refractivity contribution < 1.29 is 24.2 Å². The summed E-state index contributed by atoms with van der Waals surface area (Å²) in [5, 5.41) is 11.5. The van der Waals surface area contributed by atoms with E-state index in [4.69, 9.17) is 9.47 Å². The number of aliphatic hydroxyl groups excluding tert-OH is 1. The highest BCUT2D eigenvalue weighted by Gasteiger charge is 2.47. The van der Waals surface area contributed by atoms with Crippen LogP contribution in [0.15, 0.2) is 72.3 Å². The van der Waals surface area contributed by atoms with Crippen LogP contribution in [-0.2, 0) is 15.0 Å². The van der Waals surface area contributed by atoms with Gasteiger partial charge in [0.2, 0.25) is 0 Å². The van der Waals surface area contributed by atoms with E-state index in [-0.39, 0.29) is 16.7 Å². The van der Waals surface area contributed by atoms with E-state index in [0.29, 0.717) is 41.5 Å². The van der Waals surface area contributed by atoms with Gasteiger partial charge in [0.1, 0.15) is 19.0 Å². The van der Waals surface area contributed by atoms with Gasteiger partial charge in [-0.1, -0.05) is 45.0 Å². The Morgan fingerprint density at radius 3 is 2.13 bits per heavy atom. The Bertz CT molecular complexity index is 1420. The third kappa shape index (κ3) is 4.49. The summed E-state index contributed by atoms with van der Waals surface area (Å²) in [6, 6.07) is 19.5. The monoisotopic (exact) mass is 512 g/mol. The number of rotatable bonds is 4. The van der Waals surface area contributed by atoms with Crippen LogP contribution in [0.5, 0.6) is 11.5 Å². The standard InChI is InChI=1S/C31H32N2O5/c1-31(2,3)21-9-13-23(14-10-21)33-27(19-6-11-22(12-7-19)32(4)5)26(29(35)30(33)36)28(34)20-8-15-24-25(18-20)38-17-16-37-24/h6-15,18,27,34H,16-17H2,1-5H3/b28-26-. The number of hydrogen-bond donors (Lipinski definition) is 1. The number of carbonyl (C=O) groups excluding carboxylic acids is 2. The molecule has 7 heteroatoms. The Labute approximate surface area is 222 Å². The lowest BCUT2D eigenvalue weighted by Gasteiger charge is -2.27. The van der Waals surface area contributed by atoms with Crippen LogP contribution >= 0.6 is 0 Å². The highest BCUT2D eigenvalue weighted by atomic mass is 16.6. The smallest absolute Gasteiger partial charge is 0.300 e. The number of hydrogen-bond acceptors (Lipinski definition) is 6. The molecule has 2 heterocycles. The summed E-state index contributed by atoms with van der Waals surface area (Å²) in [4.78, 5) is 30.5. The van der Waals surface area contributed by atoms with Crippen molar-refractivity contribution in [2.24, 2.45) is 0 Å². The predicted molar refractivity (Wildman–Crippen MR) is 148 cm³/mol. The molecule has 3 aromatic carbocycles. The van der Waals surface area contributed by atoms with Gasteiger partial charge in [0.25, 0.3) is 11.7 Å². The molecule has 196 valence electrons. The molecule has 1 amide bonds. The summed E-state index contributed by atoms with van der Waals surface area (Å²) in [6.45, 7) is 7.19. The summed E-state index contributed by atoms with van der Waals surface area (Å²) in [5.41, 5.74) is 3.74. The molecule has 1 N–H and O–H groups in total. The maximum Gasteiger partial charge on any atom is 0.300 e. The molecular formula is C31H32N2O5. The van der Waals surface area contributed by atoms with Crippen LogP contribution in [0.1, 0.15) is 43.5 Å². The zero-order chi connectivity index (χ0) is 27.2. The number of fused-ring (bicyclic) bond motifs is 1. The van der Waals surface area contributed by atoms with Crippen LogP contribution in [0.25, 0.3) is 5.76 Å². The molecule has 0 radical (unpaired) electrons. The number of ketones is 1. The predicted octanol–water partition coefficient (Wildman–Crippen LogP) is 5.45. The zero-order valence-electron chi connectivity index (χ0n) is 22.3. The fraction of sp³-hybridized carbons (Fsp3) is 0.290. The van der Waals surface area contributed by atoms with Crippen molar-refractivity contribution in [1.82, 2.24) is 0 Å². The highest BCUT2D eigenvalue weighted by molar-refractivity contribution is 6.51. The van der Waals surface area contributed by atoms with Crippen LogP contribution in [0.3, 0.4) is 0 Å². The van der Waals surface area contributed by atoms with E-state index >= 15 is 0 Å². The van der Waals surface area contributed by atoms with Gasteiger partial charge in [0, 0.05) is 31.0 Å². The van der Waals surface area contributed by atoms with Crippen molar-refractivity contribution in [3.8, 4) is 11.5 Å². The van der Waals surface area contributed by atoms with Gasteiger partial charge < -0.3 is 19.5 Å². The summed E-state index contributed by atoms with van der Waals surface area (Å²) in [6.07, 6.45) is 0. The van der Waals surface area contributed by atoms with Crippen molar-refractivity contribution >= 4 is 28.8 Å². The van der Waals surface area contributed by atoms with E-state index in [2.05, 4.69) is 20.8 Å². The van der Waals surface area contributed by atoms with Gasteiger partial charge in [0.15, 0.2) is 11.5 Å². The number of anilines is 2. The second-order valence-electron chi connectivity index (χ2n) is 10.8. The molecule has 0 saturated carbocycles. The Balaban J connectivity index is 1.66. The molecule has 0 bridgehead atoms. The molecule has 0 aliphatic carbocycles. The minimum atomic E-state index is -0.806. The molecule has 2 aliphatic heterocycles. The molecular weight excluding hydrogens is 480 g/mol. The molecule has 3 aromatic rings. The molecule has 2 aliphatic rings. The number of ether oxygens (including phenoxy) is 2. The quantitative estimate of drug-likeness (QED) is 0.285. The molecule has 0 spiro atoms. The molecule has 1 atom stereocenters. The highest BCUT2D eigenvalue weighted by Crippen LogP contribution is 2.44. The molecule has 1 fully saturated rings. The average Bonchev–Trinajstić information content (AvgIpc) is 3.17. The zero-order valence-corrected chi connectivity index (χ0v) is 22.3. The lowest BCUT2D eigenvalue weighted by molar-refractivity contribution is -0.132. The minimum Gasteiger partial charge on any atom is -0.507 e. The van der Waals surface area contributed by atoms with Gasteiger partial charge in [0.05, 0.1) is 11.6 Å². The molecule has 1 saturated heterocycles. The van der Waals surface area contributed by atoms with Gasteiger partial charge in [-0.2, -0.15) is 0 Å². The Hall–Kier alpha value is -4.26. The topological polar surface area (TPSA) is 79.3 Å². The van der Waals surface area contributed by atoms with Crippen LogP contribution in [0.2, 0.25) is 0 Å². The minimum absolute atomic E-state index is 0.0316. The summed E-state index contributed by atoms with van der Waals surface area (Å²) < 4.78 is 11.3. The van der Waals surface area contributed by atoms with Crippen molar-refractivity contribution in [3.05, 3.63) is 89.0 Å². The van der Waals surface area contributed by atoms with Crippen molar-refractivity contribution in [1.29, 1.82) is 0 Å². The van der Waals surface area contributed by atoms with Gasteiger partial charge in [-0.15, -0.1) is 0 Å². The third-order valence-corrected chi connectivity index (χ3v) is 7.00. The number of aliphatic hydroxyl groups is 1. The molecule has 38 heavy (non-hydrogen) atoms. The first-order valence-corrected chi connectivity index (χ1v) is 12.6. The Morgan fingerprint density at radius 1 is 0.895 bits per heavy atom. The van der Waals surface area contributed by atoms with Crippen LogP contribution in [0, 0.1) is 0 Å². The van der Waals surface area contributed by atoms with E-state index in [1.807, 2.05) is 67.5 Å². The third-order valence-electron chi connectivity index (χ3n) is 7.00. The van der Waals surface area contributed by atoms with E-state index in [0.717, 1.165) is 11.3 Å². The first kappa shape index (κ1) is 25.4. The van der Waals surface area contributed by atoms with Crippen molar-refractivity contribution in [2.75, 3.05) is 37.1 Å². The maximum absolute atomic E-state index is 13.5. The molecule has 7 nitrogen and oxygen atoms in total. The lowest BCUT2D eigenvalue weighted by Crippen LogP contribution is -2.29. The van der Waals surface area contributed by atoms with Gasteiger partial charge in [-0.05, 0) is 59.0 Å². The maximum atomic E-state index is 13.5. The van der Waals surface area contributed by atoms with Gasteiger partial charge in [-0.25, -0.2) is 0 Å². The number of carbonyl (C=O) groups is 2. The number of Topliss-reactive ketones (excluding diaryl/α,β-unsaturated/α-hetero) is 1. The molecule has 0 aromatic heterocycles. The summed E-state index contributed by atoms with van der Waals surface area (Å²) >= 11 is 0. The average molecular weight is 513 g/mol. The van der Waals surface area contributed by atoms with E-state index < -0.39 is 17.7 Å². The van der Waals surface area contributed by atoms with E-state index in [9.17, 15) is 14.7 Å². The summed E-state index contributed by atoms with van der Waals surface area (Å²) in [7, 11) is 3.89. The SMILES string of the molecule is CN(C)c1ccc(C2/C(=C(/O)c3ccc4c(c3)OCCO4)C(=O)C(=O)N2c2ccc(C(C)(C)C)cc2)cc1. The number of amides is 1. The number of benzene rings is 3. The fourth-order valence-corrected chi connectivity index (χ4v) is 4.84. The van der Waals surface area contributed by atoms with Gasteiger partial charge in [-0.3, -0.25) is 14.5 Å². The largest absolute Gasteiger partial charge is 0.507 e. The Morgan fingerprint density at radius 2 is 1.53 bits per heavy atom. The lowest BCUT2D eigenvalue weighted by atomic mass is 9.87. The van der Waals surface area contributed by atoms with E-state index in [1.165, 1.54) is 4.90 Å². The summed E-state index contributed by atoms with van der Waals surface area (Å²) in [5.74, 6) is -0.619. The fourth-order valence-electron chi connectivity index (χ4n) is 4.84. The van der Waals surface area contributed by atoms with Crippen molar-refractivity contribution in [3.63, 3.8) is 0 Å². The van der Waals surface area contributed by atoms with Crippen LogP contribution < -0.4 is 19.3 Å². The van der Waals surface area contributed by atoms with E-state index in [1.54, 1.807) is 18.2 Å². The first-order chi connectivity index (χ1) is 18.1. The first-order valence-electron chi connectivity index (χ1n) is 12.6. The Kier molecular flexibility index (Phi) is 6.39. The number of nitrogens with zero attached hydrogens (tertiary/aromatic N) is 2. The normalized spacial score (nSPS) is 18.6.